The Morgan fingerprint density at radius 3 is 2.38 bits per heavy atom. The predicted molar refractivity (Wildman–Crippen MR) is 89.1 cm³/mol. The number of likely N-dealkylation sites (N-methyl/N-ethyl adjacent to an activating group) is 1. The molecule has 2 amide bonds. The van der Waals surface area contributed by atoms with Crippen LogP contribution in [0.5, 0.6) is 0 Å². The summed E-state index contributed by atoms with van der Waals surface area (Å²) < 4.78 is 0. The molecule has 1 aliphatic carbocycles. The summed E-state index contributed by atoms with van der Waals surface area (Å²) >= 11 is 0. The molecule has 1 fully saturated rings. The topological polar surface area (TPSA) is 86.7 Å². The Morgan fingerprint density at radius 2 is 1.88 bits per heavy atom. The van der Waals surface area contributed by atoms with Gasteiger partial charge in [0.05, 0.1) is 12.0 Å². The monoisotopic (exact) mass is 332 g/mol. The normalized spacial score (nSPS) is 15.2. The maximum absolute atomic E-state index is 12.3. The van der Waals surface area contributed by atoms with Gasteiger partial charge in [0.2, 0.25) is 11.8 Å². The van der Waals surface area contributed by atoms with Crippen LogP contribution in [0.3, 0.4) is 0 Å². The molecular formula is C18H24N2O4. The number of carboxylic acids is 1. The molecule has 0 aliphatic heterocycles. The van der Waals surface area contributed by atoms with E-state index in [0.717, 1.165) is 12.0 Å². The van der Waals surface area contributed by atoms with Gasteiger partial charge in [-0.3, -0.25) is 14.4 Å². The van der Waals surface area contributed by atoms with Gasteiger partial charge in [0, 0.05) is 19.5 Å². The van der Waals surface area contributed by atoms with Crippen LogP contribution in [0.25, 0.3) is 0 Å². The molecule has 0 unspecified atom stereocenters. The minimum Gasteiger partial charge on any atom is -0.481 e. The molecule has 130 valence electrons. The fourth-order valence-electron chi connectivity index (χ4n) is 2.91. The Kier molecular flexibility index (Phi) is 5.95. The molecule has 6 heteroatoms. The van der Waals surface area contributed by atoms with Crippen molar-refractivity contribution in [1.82, 2.24) is 10.2 Å². The molecule has 0 atom stereocenters. The molecule has 2 N–H and O–H groups in total. The van der Waals surface area contributed by atoms with E-state index in [-0.39, 0.29) is 24.8 Å². The Morgan fingerprint density at radius 1 is 1.21 bits per heavy atom. The fourth-order valence-corrected chi connectivity index (χ4v) is 2.91. The fraction of sp³-hybridized carbons (Fsp3) is 0.500. The first-order valence-corrected chi connectivity index (χ1v) is 8.28. The maximum atomic E-state index is 12.3. The third-order valence-corrected chi connectivity index (χ3v) is 4.65. The first-order chi connectivity index (χ1) is 11.5. The van der Waals surface area contributed by atoms with E-state index in [1.807, 2.05) is 37.3 Å². The SMILES string of the molecule is CCN(Cc1ccccc1)C(=O)CNC(=O)CC1(C(=O)O)CCC1. The lowest BCUT2D eigenvalue weighted by atomic mass is 9.66. The number of hydrogen-bond donors (Lipinski definition) is 2. The van der Waals surface area contributed by atoms with Crippen molar-refractivity contribution in [3.8, 4) is 0 Å². The van der Waals surface area contributed by atoms with E-state index >= 15 is 0 Å². The van der Waals surface area contributed by atoms with Crippen molar-refractivity contribution in [2.75, 3.05) is 13.1 Å². The van der Waals surface area contributed by atoms with Gasteiger partial charge in [-0.25, -0.2) is 0 Å². The largest absolute Gasteiger partial charge is 0.481 e. The minimum atomic E-state index is -0.929. The molecule has 0 aromatic heterocycles. The number of nitrogens with zero attached hydrogens (tertiary/aromatic N) is 1. The van der Waals surface area contributed by atoms with Crippen LogP contribution in [0.4, 0.5) is 0 Å². The van der Waals surface area contributed by atoms with Crippen LogP contribution in [0.1, 0.15) is 38.2 Å². The minimum absolute atomic E-state index is 0.0551. The molecule has 0 saturated heterocycles. The van der Waals surface area contributed by atoms with Gasteiger partial charge in [0.25, 0.3) is 0 Å². The number of nitrogens with one attached hydrogen (secondary N) is 1. The smallest absolute Gasteiger partial charge is 0.310 e. The zero-order valence-corrected chi connectivity index (χ0v) is 14.0. The van der Waals surface area contributed by atoms with Gasteiger partial charge in [-0.1, -0.05) is 36.8 Å². The zero-order valence-electron chi connectivity index (χ0n) is 14.0. The van der Waals surface area contributed by atoms with E-state index in [1.165, 1.54) is 0 Å². The highest BCUT2D eigenvalue weighted by atomic mass is 16.4. The van der Waals surface area contributed by atoms with Gasteiger partial charge in [0.1, 0.15) is 0 Å². The molecule has 0 heterocycles. The number of aliphatic carboxylic acids is 1. The summed E-state index contributed by atoms with van der Waals surface area (Å²) in [5.74, 6) is -1.47. The first-order valence-electron chi connectivity index (χ1n) is 8.28. The van der Waals surface area contributed by atoms with E-state index in [9.17, 15) is 19.5 Å². The summed E-state index contributed by atoms with van der Waals surface area (Å²) in [4.78, 5) is 37.2. The highest BCUT2D eigenvalue weighted by Gasteiger charge is 2.45. The Bertz CT molecular complexity index is 596. The van der Waals surface area contributed by atoms with E-state index in [2.05, 4.69) is 5.32 Å². The van der Waals surface area contributed by atoms with Crippen molar-refractivity contribution in [2.24, 2.45) is 5.41 Å². The van der Waals surface area contributed by atoms with Gasteiger partial charge in [0.15, 0.2) is 0 Å². The highest BCUT2D eigenvalue weighted by molar-refractivity contribution is 5.88. The standard InChI is InChI=1S/C18H24N2O4/c1-2-20(13-14-7-4-3-5-8-14)16(22)12-19-15(21)11-18(17(23)24)9-6-10-18/h3-5,7-8H,2,6,9-13H2,1H3,(H,19,21)(H,23,24). The average molecular weight is 332 g/mol. The zero-order chi connectivity index (χ0) is 17.6. The third kappa shape index (κ3) is 4.34. The van der Waals surface area contributed by atoms with Gasteiger partial charge < -0.3 is 15.3 Å². The molecule has 6 nitrogen and oxygen atoms in total. The Balaban J connectivity index is 1.82. The van der Waals surface area contributed by atoms with Crippen molar-refractivity contribution >= 4 is 17.8 Å². The second-order valence-electron chi connectivity index (χ2n) is 6.29. The van der Waals surface area contributed by atoms with Crippen LogP contribution in [0.15, 0.2) is 30.3 Å². The molecule has 1 aliphatic rings. The molecule has 0 spiro atoms. The highest BCUT2D eigenvalue weighted by Crippen LogP contribution is 2.44. The Hall–Kier alpha value is -2.37. The molecule has 0 radical (unpaired) electrons. The number of benzene rings is 1. The lowest BCUT2D eigenvalue weighted by molar-refractivity contribution is -0.157. The van der Waals surface area contributed by atoms with Crippen molar-refractivity contribution in [3.63, 3.8) is 0 Å². The molecular weight excluding hydrogens is 308 g/mol. The third-order valence-electron chi connectivity index (χ3n) is 4.65. The summed E-state index contributed by atoms with van der Waals surface area (Å²) in [6.07, 6.45) is 1.83. The molecule has 1 aromatic carbocycles. The number of carboxylic acid groups (broad SMARTS) is 1. The molecule has 1 saturated carbocycles. The lowest BCUT2D eigenvalue weighted by Crippen LogP contribution is -2.45. The summed E-state index contributed by atoms with van der Waals surface area (Å²) in [5, 5.41) is 11.8. The molecule has 0 bridgehead atoms. The molecule has 2 rings (SSSR count). The summed E-state index contributed by atoms with van der Waals surface area (Å²) in [6, 6.07) is 9.64. The maximum Gasteiger partial charge on any atom is 0.310 e. The Labute approximate surface area is 141 Å². The second kappa shape index (κ2) is 7.95. The van der Waals surface area contributed by atoms with E-state index in [1.54, 1.807) is 4.90 Å². The van der Waals surface area contributed by atoms with Gasteiger partial charge in [-0.2, -0.15) is 0 Å². The van der Waals surface area contributed by atoms with Crippen molar-refractivity contribution in [3.05, 3.63) is 35.9 Å². The predicted octanol–water partition coefficient (Wildman–Crippen LogP) is 1.80. The summed E-state index contributed by atoms with van der Waals surface area (Å²) in [5.41, 5.74) is 0.0973. The first kappa shape index (κ1) is 18.0. The second-order valence-corrected chi connectivity index (χ2v) is 6.29. The van der Waals surface area contributed by atoms with Gasteiger partial charge in [-0.15, -0.1) is 0 Å². The van der Waals surface area contributed by atoms with Crippen molar-refractivity contribution in [1.29, 1.82) is 0 Å². The quantitative estimate of drug-likeness (QED) is 0.760. The number of rotatable bonds is 8. The van der Waals surface area contributed by atoms with Crippen molar-refractivity contribution < 1.29 is 19.5 Å². The summed E-state index contributed by atoms with van der Waals surface area (Å²) in [6.45, 7) is 2.82. The lowest BCUT2D eigenvalue weighted by Gasteiger charge is -2.36. The van der Waals surface area contributed by atoms with Crippen LogP contribution in [-0.2, 0) is 20.9 Å². The van der Waals surface area contributed by atoms with E-state index < -0.39 is 11.4 Å². The summed E-state index contributed by atoms with van der Waals surface area (Å²) in [7, 11) is 0. The van der Waals surface area contributed by atoms with E-state index in [4.69, 9.17) is 0 Å². The van der Waals surface area contributed by atoms with Crippen LogP contribution in [-0.4, -0.2) is 40.9 Å². The van der Waals surface area contributed by atoms with Crippen LogP contribution >= 0.6 is 0 Å². The van der Waals surface area contributed by atoms with Gasteiger partial charge >= 0.3 is 5.97 Å². The van der Waals surface area contributed by atoms with Crippen LogP contribution in [0.2, 0.25) is 0 Å². The van der Waals surface area contributed by atoms with Crippen LogP contribution in [0, 0.1) is 5.41 Å². The average Bonchev–Trinajstić information content (AvgIpc) is 2.54. The van der Waals surface area contributed by atoms with Crippen molar-refractivity contribution in [2.45, 2.75) is 39.2 Å². The molecule has 1 aromatic rings. The van der Waals surface area contributed by atoms with Gasteiger partial charge in [-0.05, 0) is 25.3 Å². The molecule has 24 heavy (non-hydrogen) atoms. The number of amides is 2. The number of hydrogen-bond acceptors (Lipinski definition) is 3. The van der Waals surface area contributed by atoms with Crippen LogP contribution < -0.4 is 5.32 Å². The number of carbonyl (C=O) groups excluding carboxylic acids is 2. The van der Waals surface area contributed by atoms with E-state index in [0.29, 0.717) is 25.9 Å². The number of carbonyl (C=O) groups is 3.